The second-order valence-electron chi connectivity index (χ2n) is 9.09. The van der Waals surface area contributed by atoms with E-state index in [4.69, 9.17) is 4.42 Å². The van der Waals surface area contributed by atoms with Crippen molar-refractivity contribution >= 4 is 44.2 Å². The summed E-state index contributed by atoms with van der Waals surface area (Å²) in [6.45, 7) is 1.66. The first-order valence-electron chi connectivity index (χ1n) is 10.7. The molecule has 11 heteroatoms. The molecule has 2 aliphatic rings. The van der Waals surface area contributed by atoms with Crippen molar-refractivity contribution in [2.45, 2.75) is 37.9 Å². The zero-order valence-corrected chi connectivity index (χ0v) is 18.2. The molecular formula is C22H20F3N5O2S. The Hall–Kier alpha value is -3.08. The number of nitrogens with one attached hydrogen (secondary N) is 2. The Balaban J connectivity index is 1.14. The average Bonchev–Trinajstić information content (AvgIpc) is 3.40. The van der Waals surface area contributed by atoms with Crippen molar-refractivity contribution in [2.75, 3.05) is 23.3 Å². The van der Waals surface area contributed by atoms with Gasteiger partial charge < -0.3 is 14.6 Å². The first-order chi connectivity index (χ1) is 15.8. The van der Waals surface area contributed by atoms with E-state index in [1.54, 1.807) is 12.1 Å². The quantitative estimate of drug-likeness (QED) is 0.445. The van der Waals surface area contributed by atoms with Crippen molar-refractivity contribution in [1.29, 1.82) is 0 Å². The number of nitrogens with zero attached hydrogens (tertiary/aromatic N) is 3. The number of halogens is 3. The van der Waals surface area contributed by atoms with E-state index in [9.17, 15) is 18.0 Å². The van der Waals surface area contributed by atoms with Crippen LogP contribution < -0.4 is 16.0 Å². The van der Waals surface area contributed by atoms with Gasteiger partial charge in [0.2, 0.25) is 0 Å². The largest absolute Gasteiger partial charge is 0.417 e. The van der Waals surface area contributed by atoms with Gasteiger partial charge in [0, 0.05) is 35.1 Å². The first kappa shape index (κ1) is 20.5. The molecule has 2 fully saturated rings. The smallest absolute Gasteiger partial charge is 0.408 e. The zero-order valence-electron chi connectivity index (χ0n) is 17.4. The molecule has 2 N–H and O–H groups in total. The van der Waals surface area contributed by atoms with E-state index in [-0.39, 0.29) is 10.3 Å². The number of fused-ring (bicyclic) bond motifs is 2. The number of aromatic nitrogens is 3. The topological polar surface area (TPSA) is 87.0 Å². The Morgan fingerprint density at radius 1 is 1.27 bits per heavy atom. The summed E-state index contributed by atoms with van der Waals surface area (Å²) in [5.74, 6) is 0.257. The van der Waals surface area contributed by atoms with Crippen molar-refractivity contribution in [3.05, 3.63) is 46.0 Å². The van der Waals surface area contributed by atoms with Gasteiger partial charge in [-0.1, -0.05) is 0 Å². The molecule has 7 nitrogen and oxygen atoms in total. The fourth-order valence-electron chi connectivity index (χ4n) is 5.24. The summed E-state index contributed by atoms with van der Waals surface area (Å²) in [5.41, 5.74) is 2.31. The molecule has 33 heavy (non-hydrogen) atoms. The van der Waals surface area contributed by atoms with Gasteiger partial charge >= 0.3 is 11.9 Å². The highest BCUT2D eigenvalue weighted by Crippen LogP contribution is 2.48. The minimum atomic E-state index is -4.24. The van der Waals surface area contributed by atoms with Crippen molar-refractivity contribution in [3.63, 3.8) is 0 Å². The summed E-state index contributed by atoms with van der Waals surface area (Å²) >= 11 is 1.08. The summed E-state index contributed by atoms with van der Waals surface area (Å²) in [6, 6.07) is 7.46. The Labute approximate surface area is 189 Å². The molecule has 3 aromatic heterocycles. The molecular weight excluding hydrogens is 455 g/mol. The molecule has 172 valence electrons. The number of rotatable bonds is 4. The summed E-state index contributed by atoms with van der Waals surface area (Å²) in [7, 11) is 0. The van der Waals surface area contributed by atoms with Crippen LogP contribution in [0.1, 0.15) is 24.1 Å². The molecule has 1 saturated carbocycles. The molecule has 1 spiro atoms. The van der Waals surface area contributed by atoms with Crippen molar-refractivity contribution < 1.29 is 17.6 Å². The maximum absolute atomic E-state index is 12.8. The van der Waals surface area contributed by atoms with Gasteiger partial charge in [-0.25, -0.2) is 14.8 Å². The van der Waals surface area contributed by atoms with Gasteiger partial charge in [-0.15, -0.1) is 11.3 Å². The highest BCUT2D eigenvalue weighted by atomic mass is 32.1. The molecule has 4 aromatic rings. The number of anilines is 2. The Morgan fingerprint density at radius 2 is 2.12 bits per heavy atom. The number of oxazole rings is 1. The van der Waals surface area contributed by atoms with Crippen LogP contribution in [0, 0.1) is 5.41 Å². The molecule has 1 aliphatic heterocycles. The van der Waals surface area contributed by atoms with Crippen molar-refractivity contribution in [3.8, 4) is 0 Å². The number of hydrogen-bond donors (Lipinski definition) is 2. The van der Waals surface area contributed by atoms with Crippen LogP contribution >= 0.6 is 11.3 Å². The Kier molecular flexibility index (Phi) is 4.48. The van der Waals surface area contributed by atoms with Crippen LogP contribution in [0.15, 0.2) is 39.8 Å². The number of hydrogen-bond acceptors (Lipinski definition) is 7. The van der Waals surface area contributed by atoms with Gasteiger partial charge in [0.05, 0.1) is 17.3 Å². The summed E-state index contributed by atoms with van der Waals surface area (Å²) in [6.07, 6.45) is -0.640. The molecule has 0 unspecified atom stereocenters. The van der Waals surface area contributed by atoms with Crippen molar-refractivity contribution in [2.24, 2.45) is 5.41 Å². The third kappa shape index (κ3) is 3.84. The molecule has 0 radical (unpaired) electrons. The number of thiophene rings is 1. The highest BCUT2D eigenvalue weighted by molar-refractivity contribution is 7.18. The lowest BCUT2D eigenvalue weighted by Crippen LogP contribution is -2.56. The highest BCUT2D eigenvalue weighted by Gasteiger charge is 2.49. The Bertz CT molecular complexity index is 1400. The lowest BCUT2D eigenvalue weighted by Gasteiger charge is -2.49. The number of H-pyrrole nitrogens is 1. The van der Waals surface area contributed by atoms with Crippen LogP contribution in [0.3, 0.4) is 0 Å². The van der Waals surface area contributed by atoms with E-state index in [0.717, 1.165) is 55.2 Å². The molecule has 0 bridgehead atoms. The summed E-state index contributed by atoms with van der Waals surface area (Å²) < 4.78 is 43.5. The predicted octanol–water partition coefficient (Wildman–Crippen LogP) is 4.70. The van der Waals surface area contributed by atoms with Gasteiger partial charge in [0.1, 0.15) is 17.0 Å². The standard InChI is InChI=1S/C22H20F3N5O2S/c23-22(24,25)8-14-6-15-18(26-11-27-19(15)33-14)30-9-21(10-30)4-3-13(7-21)28-12-1-2-17-16(5-12)29-20(31)32-17/h1-2,5-6,11,13,28H,3-4,7-10H2,(H,29,31)/t13-/m0/s1. The second-order valence-corrected chi connectivity index (χ2v) is 10.2. The van der Waals surface area contributed by atoms with Gasteiger partial charge in [0.25, 0.3) is 0 Å². The molecule has 1 saturated heterocycles. The number of benzene rings is 1. The van der Waals surface area contributed by atoms with Crippen LogP contribution in [-0.4, -0.2) is 40.3 Å². The van der Waals surface area contributed by atoms with E-state index in [1.165, 1.54) is 6.33 Å². The molecule has 6 rings (SSSR count). The minimum absolute atomic E-state index is 0.174. The predicted molar refractivity (Wildman–Crippen MR) is 120 cm³/mol. The molecule has 1 atom stereocenters. The average molecular weight is 475 g/mol. The third-order valence-electron chi connectivity index (χ3n) is 6.58. The SMILES string of the molecule is O=c1[nH]c2cc(N[C@H]3CCC4(C3)CN(c3ncnc5sc(CC(F)(F)F)cc35)C4)ccc2o1. The first-order valence-corrected chi connectivity index (χ1v) is 11.5. The maximum Gasteiger partial charge on any atom is 0.417 e. The fraction of sp³-hybridized carbons (Fsp3) is 0.409. The molecule has 4 heterocycles. The van der Waals surface area contributed by atoms with Crippen LogP contribution in [-0.2, 0) is 6.42 Å². The van der Waals surface area contributed by atoms with E-state index >= 15 is 0 Å². The van der Waals surface area contributed by atoms with Gasteiger partial charge in [0.15, 0.2) is 5.58 Å². The maximum atomic E-state index is 12.8. The number of alkyl halides is 3. The van der Waals surface area contributed by atoms with Crippen LogP contribution in [0.4, 0.5) is 24.7 Å². The van der Waals surface area contributed by atoms with E-state index < -0.39 is 18.4 Å². The van der Waals surface area contributed by atoms with Crippen LogP contribution in [0.2, 0.25) is 0 Å². The summed E-state index contributed by atoms with van der Waals surface area (Å²) in [4.78, 5) is 25.6. The monoisotopic (exact) mass is 475 g/mol. The lowest BCUT2D eigenvalue weighted by molar-refractivity contribution is -0.126. The molecule has 1 aliphatic carbocycles. The minimum Gasteiger partial charge on any atom is -0.408 e. The third-order valence-corrected chi connectivity index (χ3v) is 7.62. The van der Waals surface area contributed by atoms with Crippen molar-refractivity contribution in [1.82, 2.24) is 15.0 Å². The van der Waals surface area contributed by atoms with Crippen LogP contribution in [0.5, 0.6) is 0 Å². The van der Waals surface area contributed by atoms with E-state index in [2.05, 4.69) is 25.2 Å². The summed E-state index contributed by atoms with van der Waals surface area (Å²) in [5, 5.41) is 4.26. The van der Waals surface area contributed by atoms with E-state index in [0.29, 0.717) is 27.4 Å². The van der Waals surface area contributed by atoms with E-state index in [1.807, 2.05) is 12.1 Å². The number of aromatic amines is 1. The fourth-order valence-corrected chi connectivity index (χ4v) is 6.26. The van der Waals surface area contributed by atoms with Gasteiger partial charge in [-0.05, 0) is 43.5 Å². The van der Waals surface area contributed by atoms with Crippen LogP contribution in [0.25, 0.3) is 21.3 Å². The molecule has 1 aromatic carbocycles. The zero-order chi connectivity index (χ0) is 22.8. The lowest BCUT2D eigenvalue weighted by atomic mass is 9.78. The van der Waals surface area contributed by atoms with Gasteiger partial charge in [-0.3, -0.25) is 4.98 Å². The molecule has 0 amide bonds. The second kappa shape index (κ2) is 7.21. The van der Waals surface area contributed by atoms with Gasteiger partial charge in [-0.2, -0.15) is 13.2 Å². The Morgan fingerprint density at radius 3 is 2.94 bits per heavy atom. The normalized spacial score (nSPS) is 20.1.